The Kier molecular flexibility index (Phi) is 6.16. The highest BCUT2D eigenvalue weighted by Crippen LogP contribution is 2.21. The lowest BCUT2D eigenvalue weighted by molar-refractivity contribution is 0.580. The van der Waals surface area contributed by atoms with Gasteiger partial charge in [0, 0.05) is 23.8 Å². The molecule has 1 unspecified atom stereocenters. The third kappa shape index (κ3) is 5.48. The first kappa shape index (κ1) is 21.0. The van der Waals surface area contributed by atoms with Crippen molar-refractivity contribution in [3.8, 4) is 11.5 Å². The summed E-state index contributed by atoms with van der Waals surface area (Å²) < 4.78 is 0. The molecule has 1 atom stereocenters. The number of anilines is 4. The summed E-state index contributed by atoms with van der Waals surface area (Å²) in [6.45, 7) is 4.19. The molecule has 3 aromatic heterocycles. The van der Waals surface area contributed by atoms with Crippen molar-refractivity contribution in [3.63, 3.8) is 0 Å². The van der Waals surface area contributed by atoms with Crippen LogP contribution in [0.25, 0.3) is 11.5 Å². The molecule has 0 spiro atoms. The molecule has 1 fully saturated rings. The summed E-state index contributed by atoms with van der Waals surface area (Å²) in [5.41, 5.74) is 3.96. The maximum absolute atomic E-state index is 4.57. The summed E-state index contributed by atoms with van der Waals surface area (Å²) in [5, 5.41) is 9.93. The molecule has 0 radical (unpaired) electrons. The van der Waals surface area contributed by atoms with Gasteiger partial charge in [-0.3, -0.25) is 0 Å². The maximum atomic E-state index is 4.57. The highest BCUT2D eigenvalue weighted by Gasteiger charge is 2.14. The zero-order valence-corrected chi connectivity index (χ0v) is 18.5. The zero-order valence-electron chi connectivity index (χ0n) is 18.5. The molecule has 3 N–H and O–H groups in total. The average molecular weight is 439 g/mol. The molecule has 33 heavy (non-hydrogen) atoms. The van der Waals surface area contributed by atoms with Crippen LogP contribution < -0.4 is 16.0 Å². The van der Waals surface area contributed by atoms with E-state index in [0.717, 1.165) is 42.5 Å². The third-order valence-corrected chi connectivity index (χ3v) is 5.58. The Labute approximate surface area is 193 Å². The van der Waals surface area contributed by atoms with Crippen molar-refractivity contribution in [3.05, 3.63) is 78.2 Å². The van der Waals surface area contributed by atoms with Crippen LogP contribution in [-0.2, 0) is 6.42 Å². The SMILES string of the molecule is Cc1cccc(-c2nccc(Nc3ccnc(Nc4ccc(CC5CCNC5)cc4)n3)n2)n1. The second-order valence-corrected chi connectivity index (χ2v) is 8.21. The number of hydrogen-bond acceptors (Lipinski definition) is 8. The van der Waals surface area contributed by atoms with Crippen molar-refractivity contribution in [1.82, 2.24) is 30.2 Å². The maximum Gasteiger partial charge on any atom is 0.229 e. The van der Waals surface area contributed by atoms with E-state index in [1.165, 1.54) is 12.0 Å². The first-order valence-electron chi connectivity index (χ1n) is 11.2. The summed E-state index contributed by atoms with van der Waals surface area (Å²) >= 11 is 0. The number of nitrogens with zero attached hydrogens (tertiary/aromatic N) is 5. The van der Waals surface area contributed by atoms with Gasteiger partial charge >= 0.3 is 0 Å². The van der Waals surface area contributed by atoms with E-state index in [1.807, 2.05) is 25.1 Å². The number of aromatic nitrogens is 5. The molecule has 0 amide bonds. The number of pyridine rings is 1. The molecule has 5 rings (SSSR count). The Bertz CT molecular complexity index is 1220. The van der Waals surface area contributed by atoms with Crippen molar-refractivity contribution >= 4 is 23.3 Å². The minimum Gasteiger partial charge on any atom is -0.325 e. The van der Waals surface area contributed by atoms with Gasteiger partial charge in [-0.2, -0.15) is 4.98 Å². The summed E-state index contributed by atoms with van der Waals surface area (Å²) in [6.07, 6.45) is 5.78. The Balaban J connectivity index is 1.25. The number of benzene rings is 1. The van der Waals surface area contributed by atoms with E-state index >= 15 is 0 Å². The van der Waals surface area contributed by atoms with Crippen LogP contribution in [-0.4, -0.2) is 38.0 Å². The molecule has 1 aliphatic heterocycles. The van der Waals surface area contributed by atoms with Crippen molar-refractivity contribution in [2.24, 2.45) is 5.92 Å². The molecule has 1 aliphatic rings. The summed E-state index contributed by atoms with van der Waals surface area (Å²) in [6, 6.07) is 17.9. The van der Waals surface area contributed by atoms with E-state index in [9.17, 15) is 0 Å². The fourth-order valence-corrected chi connectivity index (χ4v) is 3.91. The van der Waals surface area contributed by atoms with E-state index in [-0.39, 0.29) is 0 Å². The van der Waals surface area contributed by atoms with Gasteiger partial charge in [0.2, 0.25) is 5.95 Å². The van der Waals surface area contributed by atoms with E-state index in [2.05, 4.69) is 65.1 Å². The quantitative estimate of drug-likeness (QED) is 0.393. The molecule has 166 valence electrons. The topological polar surface area (TPSA) is 101 Å². The van der Waals surface area contributed by atoms with Crippen molar-refractivity contribution in [2.75, 3.05) is 23.7 Å². The molecule has 0 saturated carbocycles. The lowest BCUT2D eigenvalue weighted by Crippen LogP contribution is -2.10. The Morgan fingerprint density at radius 2 is 1.70 bits per heavy atom. The first-order valence-corrected chi connectivity index (χ1v) is 11.2. The van der Waals surface area contributed by atoms with E-state index in [4.69, 9.17) is 0 Å². The lowest BCUT2D eigenvalue weighted by atomic mass is 9.99. The predicted molar refractivity (Wildman–Crippen MR) is 130 cm³/mol. The molecule has 8 nitrogen and oxygen atoms in total. The van der Waals surface area contributed by atoms with Crippen molar-refractivity contribution in [1.29, 1.82) is 0 Å². The number of hydrogen-bond donors (Lipinski definition) is 3. The highest BCUT2D eigenvalue weighted by molar-refractivity contribution is 5.59. The van der Waals surface area contributed by atoms with Gasteiger partial charge in [0.25, 0.3) is 0 Å². The monoisotopic (exact) mass is 438 g/mol. The van der Waals surface area contributed by atoms with Gasteiger partial charge in [-0.15, -0.1) is 0 Å². The van der Waals surface area contributed by atoms with Crippen LogP contribution in [0.1, 0.15) is 17.7 Å². The summed E-state index contributed by atoms with van der Waals surface area (Å²) in [4.78, 5) is 22.3. The van der Waals surface area contributed by atoms with Crippen LogP contribution in [0, 0.1) is 12.8 Å². The number of nitrogens with one attached hydrogen (secondary N) is 3. The van der Waals surface area contributed by atoms with Gasteiger partial charge in [-0.1, -0.05) is 18.2 Å². The van der Waals surface area contributed by atoms with E-state index in [1.54, 1.807) is 24.5 Å². The molecule has 4 heterocycles. The van der Waals surface area contributed by atoms with Crippen LogP contribution in [0.15, 0.2) is 67.0 Å². The van der Waals surface area contributed by atoms with E-state index in [0.29, 0.717) is 23.4 Å². The van der Waals surface area contributed by atoms with Gasteiger partial charge in [0.1, 0.15) is 17.3 Å². The number of rotatable bonds is 7. The molecule has 0 aliphatic carbocycles. The normalized spacial score (nSPS) is 15.4. The second-order valence-electron chi connectivity index (χ2n) is 8.21. The van der Waals surface area contributed by atoms with Gasteiger partial charge in [0.05, 0.1) is 0 Å². The van der Waals surface area contributed by atoms with Gasteiger partial charge in [-0.25, -0.2) is 19.9 Å². The highest BCUT2D eigenvalue weighted by atomic mass is 15.2. The molecular formula is C25H26N8. The second kappa shape index (κ2) is 9.70. The lowest BCUT2D eigenvalue weighted by Gasteiger charge is -2.11. The predicted octanol–water partition coefficient (Wildman–Crippen LogP) is 4.28. The zero-order chi connectivity index (χ0) is 22.5. The van der Waals surface area contributed by atoms with Crippen LogP contribution in [0.4, 0.5) is 23.3 Å². The minimum absolute atomic E-state index is 0.516. The smallest absolute Gasteiger partial charge is 0.229 e. The fourth-order valence-electron chi connectivity index (χ4n) is 3.91. The Morgan fingerprint density at radius 3 is 2.48 bits per heavy atom. The molecular weight excluding hydrogens is 412 g/mol. The largest absolute Gasteiger partial charge is 0.325 e. The van der Waals surface area contributed by atoms with Gasteiger partial charge < -0.3 is 16.0 Å². The van der Waals surface area contributed by atoms with E-state index < -0.39 is 0 Å². The molecule has 1 saturated heterocycles. The Morgan fingerprint density at radius 1 is 0.879 bits per heavy atom. The first-order chi connectivity index (χ1) is 16.2. The standard InChI is InChI=1S/C25H26N8/c1-17-3-2-4-21(29-17)24-27-13-10-22(32-24)31-23-11-14-28-25(33-23)30-20-7-5-18(6-8-20)15-19-9-12-26-16-19/h2-8,10-11,13-14,19,26H,9,12,15-16H2,1H3,(H2,27,28,30,31,32,33). The molecule has 0 bridgehead atoms. The summed E-state index contributed by atoms with van der Waals surface area (Å²) in [5.74, 6) is 3.09. The van der Waals surface area contributed by atoms with Crippen molar-refractivity contribution < 1.29 is 0 Å². The number of aryl methyl sites for hydroxylation is 1. The third-order valence-electron chi connectivity index (χ3n) is 5.58. The minimum atomic E-state index is 0.516. The van der Waals surface area contributed by atoms with Crippen molar-refractivity contribution in [2.45, 2.75) is 19.8 Å². The molecule has 8 heteroatoms. The summed E-state index contributed by atoms with van der Waals surface area (Å²) in [7, 11) is 0. The van der Waals surface area contributed by atoms with Crippen LogP contribution in [0.3, 0.4) is 0 Å². The van der Waals surface area contributed by atoms with Crippen LogP contribution in [0.2, 0.25) is 0 Å². The Hall–Kier alpha value is -3.91. The van der Waals surface area contributed by atoms with Crippen LogP contribution >= 0.6 is 0 Å². The van der Waals surface area contributed by atoms with Crippen LogP contribution in [0.5, 0.6) is 0 Å². The fraction of sp³-hybridized carbons (Fsp3) is 0.240. The average Bonchev–Trinajstić information content (AvgIpc) is 3.34. The van der Waals surface area contributed by atoms with Gasteiger partial charge in [0.15, 0.2) is 5.82 Å². The molecule has 4 aromatic rings. The van der Waals surface area contributed by atoms with Gasteiger partial charge in [-0.05, 0) is 80.7 Å². The molecule has 1 aromatic carbocycles.